The molecule has 24 heavy (non-hydrogen) atoms. The van der Waals surface area contributed by atoms with Gasteiger partial charge in [-0.2, -0.15) is 0 Å². The fourth-order valence-electron chi connectivity index (χ4n) is 2.62. The van der Waals surface area contributed by atoms with Crippen molar-refractivity contribution in [1.29, 1.82) is 0 Å². The van der Waals surface area contributed by atoms with Crippen molar-refractivity contribution in [2.24, 2.45) is 0 Å². The lowest BCUT2D eigenvalue weighted by atomic mass is 10.1. The second-order valence-corrected chi connectivity index (χ2v) is 8.15. The van der Waals surface area contributed by atoms with Crippen LogP contribution in [0.4, 0.5) is 0 Å². The summed E-state index contributed by atoms with van der Waals surface area (Å²) in [4.78, 5) is 10.4. The van der Waals surface area contributed by atoms with Gasteiger partial charge in [0.25, 0.3) is 0 Å². The van der Waals surface area contributed by atoms with Gasteiger partial charge in [0, 0.05) is 19.5 Å². The Balaban J connectivity index is 2.24. The van der Waals surface area contributed by atoms with Crippen LogP contribution in [0.1, 0.15) is 50.5 Å². The van der Waals surface area contributed by atoms with Gasteiger partial charge in [0.2, 0.25) is 10.0 Å². The number of aliphatic carboxylic acids is 1. The van der Waals surface area contributed by atoms with E-state index in [0.717, 1.165) is 38.5 Å². The molecule has 6 heteroatoms. The number of nitrogens with zero attached hydrogens (tertiary/aromatic N) is 1. The van der Waals surface area contributed by atoms with Gasteiger partial charge in [0.1, 0.15) is 0 Å². The zero-order valence-corrected chi connectivity index (χ0v) is 15.3. The molecule has 0 radical (unpaired) electrons. The fraction of sp³-hybridized carbons (Fsp3) is 0.611. The zero-order valence-electron chi connectivity index (χ0n) is 14.5. The van der Waals surface area contributed by atoms with Gasteiger partial charge in [0.15, 0.2) is 0 Å². The smallest absolute Gasteiger partial charge is 0.303 e. The van der Waals surface area contributed by atoms with Gasteiger partial charge < -0.3 is 5.11 Å². The Morgan fingerprint density at radius 1 is 0.958 bits per heavy atom. The average Bonchev–Trinajstić information content (AvgIpc) is 2.52. The lowest BCUT2D eigenvalue weighted by Gasteiger charge is -2.19. The monoisotopic (exact) mass is 355 g/mol. The first-order valence-electron chi connectivity index (χ1n) is 8.60. The van der Waals surface area contributed by atoms with Gasteiger partial charge in [-0.05, 0) is 37.7 Å². The third-order valence-electron chi connectivity index (χ3n) is 3.98. The number of hydrogen-bond donors (Lipinski definition) is 1. The predicted molar refractivity (Wildman–Crippen MR) is 96.5 cm³/mol. The number of benzene rings is 1. The Morgan fingerprint density at radius 3 is 2.12 bits per heavy atom. The number of sulfonamides is 1. The lowest BCUT2D eigenvalue weighted by Crippen LogP contribution is -2.32. The Hall–Kier alpha value is -1.40. The number of carboxylic acids is 1. The standard InChI is InChI=1S/C18H29NO4S/c1-24(22,23)19(15-9-3-2-7-14-18(20)21)16-10-8-13-17-11-5-4-6-12-17/h4-6,11-12H,2-3,7-10,13-16H2,1H3,(H,20,21). The van der Waals surface area contributed by atoms with E-state index in [1.807, 2.05) is 18.2 Å². The Kier molecular flexibility index (Phi) is 9.64. The molecule has 0 aliphatic heterocycles. The zero-order chi connectivity index (χ0) is 17.8. The summed E-state index contributed by atoms with van der Waals surface area (Å²) in [5.74, 6) is -0.772. The van der Waals surface area contributed by atoms with Crippen LogP contribution in [0.15, 0.2) is 30.3 Å². The Morgan fingerprint density at radius 2 is 1.54 bits per heavy atom. The molecule has 1 aromatic carbocycles. The summed E-state index contributed by atoms with van der Waals surface area (Å²) >= 11 is 0. The number of unbranched alkanes of at least 4 members (excludes halogenated alkanes) is 4. The van der Waals surface area contributed by atoms with E-state index in [1.54, 1.807) is 4.31 Å². The van der Waals surface area contributed by atoms with Crippen molar-refractivity contribution in [3.05, 3.63) is 35.9 Å². The molecule has 5 nitrogen and oxygen atoms in total. The molecule has 0 fully saturated rings. The summed E-state index contributed by atoms with van der Waals surface area (Å²) in [7, 11) is -3.18. The van der Waals surface area contributed by atoms with E-state index in [4.69, 9.17) is 5.11 Å². The molecule has 0 saturated heterocycles. The minimum atomic E-state index is -3.18. The van der Waals surface area contributed by atoms with Crippen molar-refractivity contribution in [3.63, 3.8) is 0 Å². The number of rotatable bonds is 13. The Labute approximate surface area is 145 Å². The SMILES string of the molecule is CS(=O)(=O)N(CCCCCCC(=O)O)CCCCc1ccccc1. The molecular formula is C18H29NO4S. The predicted octanol–water partition coefficient (Wildman–Crippen LogP) is 3.31. The fourth-order valence-corrected chi connectivity index (χ4v) is 3.54. The highest BCUT2D eigenvalue weighted by molar-refractivity contribution is 7.88. The molecule has 0 unspecified atom stereocenters. The summed E-state index contributed by atoms with van der Waals surface area (Å²) in [6.07, 6.45) is 7.37. The maximum Gasteiger partial charge on any atom is 0.303 e. The molecule has 0 aromatic heterocycles. The van der Waals surface area contributed by atoms with E-state index < -0.39 is 16.0 Å². The first kappa shape index (κ1) is 20.6. The van der Waals surface area contributed by atoms with E-state index in [0.29, 0.717) is 19.5 Å². The molecule has 1 rings (SSSR count). The molecule has 0 saturated carbocycles. The molecule has 0 aliphatic carbocycles. The van der Waals surface area contributed by atoms with Crippen LogP contribution in [0.5, 0.6) is 0 Å². The van der Waals surface area contributed by atoms with Crippen LogP contribution in [-0.4, -0.2) is 43.1 Å². The topological polar surface area (TPSA) is 74.7 Å². The van der Waals surface area contributed by atoms with E-state index >= 15 is 0 Å². The van der Waals surface area contributed by atoms with E-state index in [-0.39, 0.29) is 6.42 Å². The Bertz CT molecular complexity index is 572. The molecule has 0 heterocycles. The molecule has 0 spiro atoms. The molecular weight excluding hydrogens is 326 g/mol. The van der Waals surface area contributed by atoms with Gasteiger partial charge in [-0.15, -0.1) is 0 Å². The normalized spacial score (nSPS) is 11.8. The van der Waals surface area contributed by atoms with Crippen molar-refractivity contribution >= 4 is 16.0 Å². The largest absolute Gasteiger partial charge is 0.481 e. The van der Waals surface area contributed by atoms with Gasteiger partial charge in [-0.25, -0.2) is 12.7 Å². The van der Waals surface area contributed by atoms with Crippen LogP contribution in [0.3, 0.4) is 0 Å². The molecule has 0 atom stereocenters. The second kappa shape index (κ2) is 11.2. The molecule has 0 aliphatic rings. The maximum atomic E-state index is 11.9. The lowest BCUT2D eigenvalue weighted by molar-refractivity contribution is -0.137. The van der Waals surface area contributed by atoms with E-state index in [1.165, 1.54) is 11.8 Å². The molecule has 0 amide bonds. The first-order valence-corrected chi connectivity index (χ1v) is 10.5. The van der Waals surface area contributed by atoms with Crippen molar-refractivity contribution in [2.45, 2.75) is 51.4 Å². The quantitative estimate of drug-likeness (QED) is 0.551. The number of carbonyl (C=O) groups is 1. The summed E-state index contributed by atoms with van der Waals surface area (Å²) < 4.78 is 25.3. The van der Waals surface area contributed by atoms with Crippen molar-refractivity contribution in [3.8, 4) is 0 Å². The molecule has 136 valence electrons. The number of carboxylic acid groups (broad SMARTS) is 1. The van der Waals surface area contributed by atoms with Gasteiger partial charge in [0.05, 0.1) is 6.26 Å². The van der Waals surface area contributed by atoms with Crippen LogP contribution in [0.2, 0.25) is 0 Å². The highest BCUT2D eigenvalue weighted by atomic mass is 32.2. The summed E-state index contributed by atoms with van der Waals surface area (Å²) in [5.41, 5.74) is 1.28. The number of aryl methyl sites for hydroxylation is 1. The van der Waals surface area contributed by atoms with Gasteiger partial charge in [-0.3, -0.25) is 4.79 Å². The maximum absolute atomic E-state index is 11.9. The van der Waals surface area contributed by atoms with Crippen molar-refractivity contribution in [1.82, 2.24) is 4.31 Å². The average molecular weight is 356 g/mol. The third kappa shape index (κ3) is 9.67. The van der Waals surface area contributed by atoms with Gasteiger partial charge in [-0.1, -0.05) is 43.2 Å². The van der Waals surface area contributed by atoms with Crippen molar-refractivity contribution < 1.29 is 18.3 Å². The highest BCUT2D eigenvalue weighted by Gasteiger charge is 2.15. The van der Waals surface area contributed by atoms with Crippen LogP contribution in [0, 0.1) is 0 Å². The number of hydrogen-bond acceptors (Lipinski definition) is 3. The van der Waals surface area contributed by atoms with Crippen LogP contribution in [-0.2, 0) is 21.2 Å². The summed E-state index contributed by atoms with van der Waals surface area (Å²) in [5, 5.41) is 8.58. The molecule has 0 bridgehead atoms. The van der Waals surface area contributed by atoms with Crippen molar-refractivity contribution in [2.75, 3.05) is 19.3 Å². The van der Waals surface area contributed by atoms with E-state index in [9.17, 15) is 13.2 Å². The first-order chi connectivity index (χ1) is 11.4. The summed E-state index contributed by atoms with van der Waals surface area (Å²) in [6.45, 7) is 1.08. The molecule has 1 N–H and O–H groups in total. The van der Waals surface area contributed by atoms with Gasteiger partial charge >= 0.3 is 5.97 Å². The summed E-state index contributed by atoms with van der Waals surface area (Å²) in [6, 6.07) is 10.2. The second-order valence-electron chi connectivity index (χ2n) is 6.16. The molecule has 1 aromatic rings. The minimum Gasteiger partial charge on any atom is -0.481 e. The highest BCUT2D eigenvalue weighted by Crippen LogP contribution is 2.10. The van der Waals surface area contributed by atoms with Crippen LogP contribution < -0.4 is 0 Å². The third-order valence-corrected chi connectivity index (χ3v) is 5.29. The van der Waals surface area contributed by atoms with Crippen LogP contribution in [0.25, 0.3) is 0 Å². The van der Waals surface area contributed by atoms with E-state index in [2.05, 4.69) is 12.1 Å². The minimum absolute atomic E-state index is 0.190. The van der Waals surface area contributed by atoms with Crippen LogP contribution >= 0.6 is 0 Å².